The summed E-state index contributed by atoms with van der Waals surface area (Å²) in [5.74, 6) is -0.753. The number of para-hydroxylation sites is 1. The average Bonchev–Trinajstić information content (AvgIpc) is 2.52. The second kappa shape index (κ2) is 7.57. The van der Waals surface area contributed by atoms with Gasteiger partial charge >= 0.3 is 21.7 Å². The van der Waals surface area contributed by atoms with Crippen LogP contribution < -0.4 is 4.18 Å². The number of carbonyl (C=O) groups is 1. The van der Waals surface area contributed by atoms with Gasteiger partial charge in [0.2, 0.25) is 0 Å². The van der Waals surface area contributed by atoms with Crippen LogP contribution in [0.25, 0.3) is 0 Å². The largest absolute Gasteiger partial charge is 0.534 e. The Labute approximate surface area is 156 Å². The molecule has 27 heavy (non-hydrogen) atoms. The highest BCUT2D eigenvalue weighted by molar-refractivity contribution is 7.88. The Morgan fingerprint density at radius 1 is 1.19 bits per heavy atom. The highest BCUT2D eigenvalue weighted by Gasteiger charge is 2.49. The summed E-state index contributed by atoms with van der Waals surface area (Å²) in [6.07, 6.45) is 0.657. The van der Waals surface area contributed by atoms with Gasteiger partial charge in [0.1, 0.15) is 11.4 Å². The van der Waals surface area contributed by atoms with Gasteiger partial charge in [0.15, 0.2) is 0 Å². The van der Waals surface area contributed by atoms with Crippen molar-refractivity contribution >= 4 is 16.2 Å². The molecule has 0 spiro atoms. The lowest BCUT2D eigenvalue weighted by Gasteiger charge is -2.34. The van der Waals surface area contributed by atoms with Crippen molar-refractivity contribution in [1.82, 2.24) is 4.90 Å². The van der Waals surface area contributed by atoms with Crippen LogP contribution in [0.4, 0.5) is 18.0 Å². The van der Waals surface area contributed by atoms with E-state index < -0.39 is 27.3 Å². The second-order valence-corrected chi connectivity index (χ2v) is 8.82. The summed E-state index contributed by atoms with van der Waals surface area (Å²) in [6, 6.07) is 5.64. The van der Waals surface area contributed by atoms with E-state index in [2.05, 4.69) is 4.18 Å². The maximum absolute atomic E-state index is 12.6. The Balaban J connectivity index is 2.22. The molecule has 10 heteroatoms. The summed E-state index contributed by atoms with van der Waals surface area (Å²) in [5, 5.41) is 0. The molecule has 1 aromatic rings. The number of rotatable bonds is 3. The van der Waals surface area contributed by atoms with Gasteiger partial charge in [0.25, 0.3) is 0 Å². The first kappa shape index (κ1) is 21.3. The highest BCUT2D eigenvalue weighted by atomic mass is 32.2. The number of hydrogen-bond donors (Lipinski definition) is 0. The Kier molecular flexibility index (Phi) is 5.98. The number of ether oxygens (including phenoxy) is 1. The van der Waals surface area contributed by atoms with Crippen molar-refractivity contribution in [1.29, 1.82) is 0 Å². The van der Waals surface area contributed by atoms with E-state index >= 15 is 0 Å². The average molecular weight is 409 g/mol. The Bertz CT molecular complexity index is 786. The summed E-state index contributed by atoms with van der Waals surface area (Å²) in [5.41, 5.74) is -5.89. The minimum absolute atomic E-state index is 0.196. The van der Waals surface area contributed by atoms with Crippen molar-refractivity contribution < 1.29 is 35.3 Å². The van der Waals surface area contributed by atoms with Crippen molar-refractivity contribution in [2.24, 2.45) is 0 Å². The topological polar surface area (TPSA) is 72.9 Å². The third-order valence-electron chi connectivity index (χ3n) is 3.91. The zero-order valence-corrected chi connectivity index (χ0v) is 16.1. The number of nitrogens with zero attached hydrogens (tertiary/aromatic N) is 1. The van der Waals surface area contributed by atoms with Crippen LogP contribution in [0.3, 0.4) is 0 Å². The van der Waals surface area contributed by atoms with Gasteiger partial charge in [-0.1, -0.05) is 18.2 Å². The molecule has 152 valence electrons. The number of piperidine rings is 1. The fourth-order valence-corrected chi connectivity index (χ4v) is 3.27. The maximum atomic E-state index is 12.6. The molecule has 2 rings (SSSR count). The lowest BCUT2D eigenvalue weighted by Crippen LogP contribution is -2.42. The molecular weight excluding hydrogens is 387 g/mol. The first-order valence-electron chi connectivity index (χ1n) is 8.38. The van der Waals surface area contributed by atoms with Crippen LogP contribution in [0.5, 0.6) is 5.75 Å². The molecule has 1 aromatic carbocycles. The van der Waals surface area contributed by atoms with Crippen LogP contribution in [0.2, 0.25) is 0 Å². The molecule has 1 fully saturated rings. The van der Waals surface area contributed by atoms with E-state index in [1.807, 2.05) is 0 Å². The molecule has 0 N–H and O–H groups in total. The van der Waals surface area contributed by atoms with Crippen LogP contribution in [0.15, 0.2) is 24.3 Å². The van der Waals surface area contributed by atoms with E-state index in [9.17, 15) is 26.4 Å². The molecule has 1 saturated heterocycles. The van der Waals surface area contributed by atoms with Crippen molar-refractivity contribution in [3.8, 4) is 5.75 Å². The number of benzene rings is 1. The molecule has 0 aliphatic carbocycles. The van der Waals surface area contributed by atoms with Gasteiger partial charge in [0, 0.05) is 24.6 Å². The van der Waals surface area contributed by atoms with Crippen LogP contribution in [0.1, 0.15) is 45.1 Å². The van der Waals surface area contributed by atoms with Crippen LogP contribution in [-0.2, 0) is 14.9 Å². The number of hydrogen-bond acceptors (Lipinski definition) is 5. The number of amides is 1. The van der Waals surface area contributed by atoms with Crippen molar-refractivity contribution in [3.63, 3.8) is 0 Å². The molecular formula is C17H22F3NO5S. The molecule has 1 amide bonds. The molecule has 1 aliphatic rings. The molecule has 1 atom stereocenters. The minimum Gasteiger partial charge on any atom is -0.444 e. The Morgan fingerprint density at radius 3 is 2.41 bits per heavy atom. The number of halogens is 3. The van der Waals surface area contributed by atoms with E-state index in [4.69, 9.17) is 4.74 Å². The quantitative estimate of drug-likeness (QED) is 0.557. The summed E-state index contributed by atoms with van der Waals surface area (Å²) >= 11 is 0. The first-order chi connectivity index (χ1) is 12.3. The molecule has 0 saturated carbocycles. The minimum atomic E-state index is -5.77. The molecule has 0 bridgehead atoms. The predicted octanol–water partition coefficient (Wildman–Crippen LogP) is 4.03. The monoisotopic (exact) mass is 409 g/mol. The molecule has 1 heterocycles. The number of likely N-dealkylation sites (tertiary alicyclic amines) is 1. The normalized spacial score (nSPS) is 18.9. The molecule has 1 aliphatic heterocycles. The molecule has 6 nitrogen and oxygen atoms in total. The van der Waals surface area contributed by atoms with Crippen LogP contribution in [0, 0.1) is 0 Å². The first-order valence-corrected chi connectivity index (χ1v) is 9.78. The number of alkyl halides is 3. The number of carbonyl (C=O) groups excluding carboxylic acids is 1. The highest BCUT2D eigenvalue weighted by Crippen LogP contribution is 2.36. The van der Waals surface area contributed by atoms with Gasteiger partial charge in [-0.3, -0.25) is 0 Å². The third kappa shape index (κ3) is 5.50. The standard InChI is InChI=1S/C17H22F3NO5S/c1-16(2,3)25-15(22)21-10-6-7-12(11-21)13-8-4-5-9-14(13)26-27(23,24)17(18,19)20/h4-5,8-9,12H,6-7,10-11H2,1-3H3. The Morgan fingerprint density at radius 2 is 1.81 bits per heavy atom. The second-order valence-electron chi connectivity index (χ2n) is 7.29. The summed E-state index contributed by atoms with van der Waals surface area (Å²) < 4.78 is 70.3. The van der Waals surface area contributed by atoms with E-state index in [-0.39, 0.29) is 18.2 Å². The van der Waals surface area contributed by atoms with Gasteiger partial charge in [-0.25, -0.2) is 4.79 Å². The zero-order chi connectivity index (χ0) is 20.5. The summed E-state index contributed by atoms with van der Waals surface area (Å²) in [7, 11) is -5.77. The predicted molar refractivity (Wildman–Crippen MR) is 91.8 cm³/mol. The van der Waals surface area contributed by atoms with E-state index in [1.54, 1.807) is 26.8 Å². The molecule has 0 aromatic heterocycles. The SMILES string of the molecule is CC(C)(C)OC(=O)N1CCCC(c2ccccc2OS(=O)(=O)C(F)(F)F)C1. The van der Waals surface area contributed by atoms with Crippen molar-refractivity contribution in [2.75, 3.05) is 13.1 Å². The lowest BCUT2D eigenvalue weighted by atomic mass is 9.90. The van der Waals surface area contributed by atoms with Gasteiger partial charge in [-0.2, -0.15) is 21.6 Å². The van der Waals surface area contributed by atoms with Gasteiger partial charge in [-0.15, -0.1) is 0 Å². The smallest absolute Gasteiger partial charge is 0.444 e. The van der Waals surface area contributed by atoms with E-state index in [1.165, 1.54) is 23.1 Å². The zero-order valence-electron chi connectivity index (χ0n) is 15.2. The molecule has 0 radical (unpaired) electrons. The van der Waals surface area contributed by atoms with E-state index in [0.29, 0.717) is 24.9 Å². The van der Waals surface area contributed by atoms with Crippen LogP contribution in [-0.4, -0.2) is 43.6 Å². The lowest BCUT2D eigenvalue weighted by molar-refractivity contribution is -0.0500. The van der Waals surface area contributed by atoms with Gasteiger partial charge in [-0.05, 0) is 39.7 Å². The third-order valence-corrected chi connectivity index (χ3v) is 4.88. The Hall–Kier alpha value is -1.97. The summed E-state index contributed by atoms with van der Waals surface area (Å²) in [4.78, 5) is 13.7. The van der Waals surface area contributed by atoms with E-state index in [0.717, 1.165) is 0 Å². The fraction of sp³-hybridized carbons (Fsp3) is 0.588. The summed E-state index contributed by atoms with van der Waals surface area (Å²) in [6.45, 7) is 5.85. The van der Waals surface area contributed by atoms with Crippen molar-refractivity contribution in [3.05, 3.63) is 29.8 Å². The maximum Gasteiger partial charge on any atom is 0.534 e. The van der Waals surface area contributed by atoms with Gasteiger partial charge < -0.3 is 13.8 Å². The van der Waals surface area contributed by atoms with Crippen LogP contribution >= 0.6 is 0 Å². The van der Waals surface area contributed by atoms with Gasteiger partial charge in [0.05, 0.1) is 0 Å². The van der Waals surface area contributed by atoms with Crippen molar-refractivity contribution in [2.45, 2.75) is 50.6 Å². The molecule has 1 unspecified atom stereocenters. The fourth-order valence-electron chi connectivity index (χ4n) is 2.78.